The van der Waals surface area contributed by atoms with Crippen molar-refractivity contribution in [2.24, 2.45) is 0 Å². The fourth-order valence-electron chi connectivity index (χ4n) is 2.85. The smallest absolute Gasteiger partial charge is 0.235 e. The molecule has 1 aromatic carbocycles. The summed E-state index contributed by atoms with van der Waals surface area (Å²) in [4.78, 5) is 23.9. The van der Waals surface area contributed by atoms with E-state index in [-0.39, 0.29) is 12.0 Å². The maximum absolute atomic E-state index is 12.5. The molecule has 0 saturated carbocycles. The van der Waals surface area contributed by atoms with Crippen LogP contribution < -0.4 is 9.47 Å². The van der Waals surface area contributed by atoms with Crippen LogP contribution in [-0.4, -0.2) is 52.8 Å². The van der Waals surface area contributed by atoms with Crippen molar-refractivity contribution in [1.29, 1.82) is 0 Å². The van der Waals surface area contributed by atoms with Crippen LogP contribution in [0.5, 0.6) is 11.8 Å². The van der Waals surface area contributed by atoms with E-state index in [1.807, 2.05) is 23.1 Å². The fourth-order valence-corrected chi connectivity index (χ4v) is 3.71. The van der Waals surface area contributed by atoms with Gasteiger partial charge in [-0.25, -0.2) is 0 Å². The number of amides is 1. The largest absolute Gasteiger partial charge is 0.480 e. The fraction of sp³-hybridized carbons (Fsp3) is 0.421. The molecule has 3 rings (SSSR count). The van der Waals surface area contributed by atoms with Crippen molar-refractivity contribution in [2.75, 3.05) is 26.0 Å². The Morgan fingerprint density at radius 3 is 2.88 bits per heavy atom. The van der Waals surface area contributed by atoms with E-state index in [2.05, 4.69) is 22.1 Å². The van der Waals surface area contributed by atoms with Crippen LogP contribution in [-0.2, 0) is 4.79 Å². The van der Waals surface area contributed by atoms with E-state index in [4.69, 9.17) is 9.47 Å². The highest BCUT2D eigenvalue weighted by atomic mass is 32.2. The molecule has 0 N–H and O–H groups in total. The molecule has 1 fully saturated rings. The van der Waals surface area contributed by atoms with Crippen molar-refractivity contribution in [2.45, 2.75) is 30.3 Å². The van der Waals surface area contributed by atoms with Crippen LogP contribution in [0.15, 0.2) is 47.6 Å². The lowest BCUT2D eigenvalue weighted by molar-refractivity contribution is -0.133. The van der Waals surface area contributed by atoms with Gasteiger partial charge >= 0.3 is 0 Å². The first-order chi connectivity index (χ1) is 12.7. The number of piperidine rings is 1. The van der Waals surface area contributed by atoms with Crippen LogP contribution in [0.25, 0.3) is 0 Å². The number of rotatable bonds is 7. The second-order valence-corrected chi connectivity index (χ2v) is 7.20. The summed E-state index contributed by atoms with van der Waals surface area (Å²) in [6.07, 6.45) is 5.41. The topological polar surface area (TPSA) is 64.6 Å². The van der Waals surface area contributed by atoms with Crippen LogP contribution in [0.2, 0.25) is 0 Å². The van der Waals surface area contributed by atoms with E-state index in [1.165, 1.54) is 11.1 Å². The molecule has 1 amide bonds. The number of carbonyl (C=O) groups excluding carboxylic acids is 1. The summed E-state index contributed by atoms with van der Waals surface area (Å²) in [6.45, 7) is 1.38. The number of hydrogen-bond acceptors (Lipinski definition) is 6. The predicted molar refractivity (Wildman–Crippen MR) is 101 cm³/mol. The molecule has 7 heteroatoms. The summed E-state index contributed by atoms with van der Waals surface area (Å²) in [7, 11) is 1.54. The van der Waals surface area contributed by atoms with Gasteiger partial charge in [-0.05, 0) is 25.0 Å². The molecule has 26 heavy (non-hydrogen) atoms. The van der Waals surface area contributed by atoms with Crippen LogP contribution in [0.4, 0.5) is 0 Å². The molecule has 1 unspecified atom stereocenters. The van der Waals surface area contributed by atoms with Crippen molar-refractivity contribution in [3.05, 3.63) is 42.7 Å². The number of benzene rings is 1. The number of nitrogens with zero attached hydrogens (tertiary/aromatic N) is 3. The summed E-state index contributed by atoms with van der Waals surface area (Å²) in [6, 6.07) is 10.1. The third-order valence-corrected chi connectivity index (χ3v) is 5.16. The van der Waals surface area contributed by atoms with E-state index in [9.17, 15) is 4.79 Å². The van der Waals surface area contributed by atoms with Gasteiger partial charge in [0.1, 0.15) is 6.10 Å². The number of aromatic nitrogens is 2. The Labute approximate surface area is 157 Å². The summed E-state index contributed by atoms with van der Waals surface area (Å²) in [5.74, 6) is 1.82. The standard InChI is InChI=1S/C19H23N3O3S/c1-24-17-12-20-13-18(21-17)25-15-6-5-10-22(14-15)19(23)9-11-26-16-7-3-2-4-8-16/h2-4,7-8,12-13,15H,5-6,9-11,14H2,1H3. The number of thioether (sulfide) groups is 1. The van der Waals surface area contributed by atoms with Gasteiger partial charge in [0, 0.05) is 23.6 Å². The minimum Gasteiger partial charge on any atom is -0.480 e. The number of methoxy groups -OCH3 is 1. The molecule has 138 valence electrons. The Hall–Kier alpha value is -2.28. The monoisotopic (exact) mass is 373 g/mol. The third kappa shape index (κ3) is 5.36. The molecule has 0 bridgehead atoms. The van der Waals surface area contributed by atoms with E-state index in [1.54, 1.807) is 25.1 Å². The summed E-state index contributed by atoms with van der Waals surface area (Å²) >= 11 is 1.71. The molecular formula is C19H23N3O3S. The number of carbonyl (C=O) groups is 1. The minimum absolute atomic E-state index is 0.0594. The quantitative estimate of drug-likeness (QED) is 0.695. The molecule has 1 atom stereocenters. The average molecular weight is 373 g/mol. The summed E-state index contributed by atoms with van der Waals surface area (Å²) in [5.41, 5.74) is 0. The lowest BCUT2D eigenvalue weighted by Gasteiger charge is -2.32. The summed E-state index contributed by atoms with van der Waals surface area (Å²) < 4.78 is 11.0. The Balaban J connectivity index is 1.47. The van der Waals surface area contributed by atoms with Gasteiger partial charge in [-0.2, -0.15) is 4.98 Å². The van der Waals surface area contributed by atoms with Crippen molar-refractivity contribution < 1.29 is 14.3 Å². The highest BCUT2D eigenvalue weighted by Gasteiger charge is 2.25. The van der Waals surface area contributed by atoms with Crippen LogP contribution >= 0.6 is 11.8 Å². The second kappa shape index (κ2) is 9.43. The highest BCUT2D eigenvalue weighted by molar-refractivity contribution is 7.99. The molecule has 2 aromatic rings. The first-order valence-corrected chi connectivity index (χ1v) is 9.71. The van der Waals surface area contributed by atoms with Gasteiger partial charge in [-0.15, -0.1) is 11.8 Å². The first-order valence-electron chi connectivity index (χ1n) is 8.73. The zero-order valence-electron chi connectivity index (χ0n) is 14.8. The van der Waals surface area contributed by atoms with Gasteiger partial charge in [0.05, 0.1) is 26.0 Å². The van der Waals surface area contributed by atoms with Gasteiger partial charge in [0.15, 0.2) is 0 Å². The number of hydrogen-bond donors (Lipinski definition) is 0. The number of ether oxygens (including phenoxy) is 2. The Kier molecular flexibility index (Phi) is 6.71. The van der Waals surface area contributed by atoms with Gasteiger partial charge in [0.2, 0.25) is 17.7 Å². The molecule has 0 radical (unpaired) electrons. The Bertz CT molecular complexity index is 714. The van der Waals surface area contributed by atoms with Crippen molar-refractivity contribution in [3.8, 4) is 11.8 Å². The molecule has 2 heterocycles. The summed E-state index contributed by atoms with van der Waals surface area (Å²) in [5, 5.41) is 0. The maximum atomic E-state index is 12.5. The SMILES string of the molecule is COc1cncc(OC2CCCN(C(=O)CCSc3ccccc3)C2)n1. The van der Waals surface area contributed by atoms with E-state index in [0.29, 0.717) is 24.7 Å². The second-order valence-electron chi connectivity index (χ2n) is 6.03. The van der Waals surface area contributed by atoms with E-state index < -0.39 is 0 Å². The molecule has 1 aliphatic heterocycles. The van der Waals surface area contributed by atoms with Gasteiger partial charge in [-0.1, -0.05) is 18.2 Å². The van der Waals surface area contributed by atoms with E-state index in [0.717, 1.165) is 25.1 Å². The highest BCUT2D eigenvalue weighted by Crippen LogP contribution is 2.21. The number of likely N-dealkylation sites (tertiary alicyclic amines) is 1. The van der Waals surface area contributed by atoms with Crippen LogP contribution in [0.3, 0.4) is 0 Å². The molecule has 0 spiro atoms. The van der Waals surface area contributed by atoms with Gasteiger partial charge in [0.25, 0.3) is 0 Å². The molecule has 1 saturated heterocycles. The molecule has 6 nitrogen and oxygen atoms in total. The molecule has 0 aliphatic carbocycles. The maximum Gasteiger partial charge on any atom is 0.235 e. The zero-order chi connectivity index (χ0) is 18.2. The lowest BCUT2D eigenvalue weighted by atomic mass is 10.1. The molecule has 1 aromatic heterocycles. The normalized spacial score (nSPS) is 17.0. The lowest BCUT2D eigenvalue weighted by Crippen LogP contribution is -2.44. The Morgan fingerprint density at radius 2 is 2.08 bits per heavy atom. The third-order valence-electron chi connectivity index (χ3n) is 4.15. The zero-order valence-corrected chi connectivity index (χ0v) is 15.7. The van der Waals surface area contributed by atoms with Gasteiger partial charge in [-0.3, -0.25) is 9.78 Å². The first kappa shape index (κ1) is 18.5. The Morgan fingerprint density at radius 1 is 1.27 bits per heavy atom. The molecular weight excluding hydrogens is 350 g/mol. The average Bonchev–Trinajstić information content (AvgIpc) is 2.69. The molecule has 1 aliphatic rings. The predicted octanol–water partition coefficient (Wildman–Crippen LogP) is 3.04. The van der Waals surface area contributed by atoms with Gasteiger partial charge < -0.3 is 14.4 Å². The van der Waals surface area contributed by atoms with Crippen LogP contribution in [0.1, 0.15) is 19.3 Å². The van der Waals surface area contributed by atoms with Crippen LogP contribution in [0, 0.1) is 0 Å². The minimum atomic E-state index is -0.0594. The van der Waals surface area contributed by atoms with Crippen molar-refractivity contribution in [3.63, 3.8) is 0 Å². The van der Waals surface area contributed by atoms with Crippen molar-refractivity contribution in [1.82, 2.24) is 14.9 Å². The van der Waals surface area contributed by atoms with Crippen molar-refractivity contribution >= 4 is 17.7 Å². The van der Waals surface area contributed by atoms with E-state index >= 15 is 0 Å².